The fourth-order valence-corrected chi connectivity index (χ4v) is 1.87. The van der Waals surface area contributed by atoms with Crippen LogP contribution in [0.15, 0.2) is 12.1 Å². The molecule has 0 amide bonds. The first kappa shape index (κ1) is 15.9. The van der Waals surface area contributed by atoms with E-state index in [-0.39, 0.29) is 18.4 Å². The highest BCUT2D eigenvalue weighted by Crippen LogP contribution is 2.38. The number of benzene rings is 1. The van der Waals surface area contributed by atoms with Crippen LogP contribution in [0.4, 0.5) is 0 Å². The molecular weight excluding hydrogens is 270 g/mol. The van der Waals surface area contributed by atoms with E-state index in [0.29, 0.717) is 18.0 Å². The van der Waals surface area contributed by atoms with E-state index in [1.54, 1.807) is 6.92 Å². The van der Waals surface area contributed by atoms with Gasteiger partial charge in [-0.2, -0.15) is 0 Å². The predicted octanol–water partition coefficient (Wildman–Crippen LogP) is 2.45. The van der Waals surface area contributed by atoms with Crippen molar-refractivity contribution in [2.45, 2.75) is 58.9 Å². The Kier molecular flexibility index (Phi) is 4.64. The summed E-state index contributed by atoms with van der Waals surface area (Å²) in [6, 6.07) is 3.77. The molecule has 1 aliphatic rings. The van der Waals surface area contributed by atoms with Crippen molar-refractivity contribution in [3.05, 3.63) is 17.7 Å². The van der Waals surface area contributed by atoms with Gasteiger partial charge in [0.25, 0.3) is 0 Å². The summed E-state index contributed by atoms with van der Waals surface area (Å²) in [6.07, 6.45) is -0.836. The van der Waals surface area contributed by atoms with Gasteiger partial charge in [0.1, 0.15) is 11.9 Å². The van der Waals surface area contributed by atoms with Crippen molar-refractivity contribution >= 4 is 0 Å². The smallest absolute Gasteiger partial charge is 0.231 e. The van der Waals surface area contributed by atoms with Crippen LogP contribution in [0.1, 0.15) is 40.2 Å². The van der Waals surface area contributed by atoms with E-state index < -0.39 is 6.10 Å². The monoisotopic (exact) mass is 295 g/mol. The van der Waals surface area contributed by atoms with E-state index in [2.05, 4.69) is 26.1 Å². The number of hydrogen-bond donors (Lipinski definition) is 2. The minimum absolute atomic E-state index is 0.00350. The Morgan fingerprint density at radius 3 is 2.43 bits per heavy atom. The van der Waals surface area contributed by atoms with Crippen molar-refractivity contribution < 1.29 is 19.3 Å². The van der Waals surface area contributed by atoms with E-state index in [9.17, 15) is 5.11 Å². The molecule has 5 nitrogen and oxygen atoms in total. The summed E-state index contributed by atoms with van der Waals surface area (Å²) in [5.41, 5.74) is 0.991. The first-order valence-electron chi connectivity index (χ1n) is 7.28. The quantitative estimate of drug-likeness (QED) is 0.874. The van der Waals surface area contributed by atoms with Crippen molar-refractivity contribution in [2.75, 3.05) is 6.79 Å². The zero-order valence-electron chi connectivity index (χ0n) is 13.4. The van der Waals surface area contributed by atoms with Crippen LogP contribution in [0, 0.1) is 0 Å². The lowest BCUT2D eigenvalue weighted by atomic mass is 10.1. The third kappa shape index (κ3) is 4.25. The SMILES string of the molecule is CC(O)C(C)Oc1cc2c(cc1CNC(C)(C)C)OCO2. The lowest BCUT2D eigenvalue weighted by molar-refractivity contribution is 0.0595. The highest BCUT2D eigenvalue weighted by atomic mass is 16.7. The molecule has 0 radical (unpaired) electrons. The van der Waals surface area contributed by atoms with Crippen LogP contribution in [-0.2, 0) is 6.54 Å². The summed E-state index contributed by atoms with van der Waals surface area (Å²) in [5, 5.41) is 13.1. The molecule has 1 aromatic carbocycles. The molecule has 0 saturated heterocycles. The molecular formula is C16H25NO4. The summed E-state index contributed by atoms with van der Waals surface area (Å²) in [4.78, 5) is 0. The molecule has 1 heterocycles. The van der Waals surface area contributed by atoms with E-state index in [1.807, 2.05) is 19.1 Å². The van der Waals surface area contributed by atoms with Gasteiger partial charge in [0.2, 0.25) is 6.79 Å². The second kappa shape index (κ2) is 6.12. The van der Waals surface area contributed by atoms with Gasteiger partial charge in [-0.3, -0.25) is 0 Å². The van der Waals surface area contributed by atoms with Crippen LogP contribution in [0.3, 0.4) is 0 Å². The average molecular weight is 295 g/mol. The molecule has 1 aliphatic heterocycles. The highest BCUT2D eigenvalue weighted by molar-refractivity contribution is 5.52. The standard InChI is InChI=1S/C16H25NO4/c1-10(18)11(2)21-13-7-15-14(19-9-20-15)6-12(13)8-17-16(3,4)5/h6-7,10-11,17-18H,8-9H2,1-5H3. The predicted molar refractivity (Wildman–Crippen MR) is 80.9 cm³/mol. The molecule has 2 unspecified atom stereocenters. The number of rotatable bonds is 5. The Balaban J connectivity index is 2.23. The Labute approximate surface area is 126 Å². The van der Waals surface area contributed by atoms with Crippen LogP contribution in [0.25, 0.3) is 0 Å². The Morgan fingerprint density at radius 2 is 1.86 bits per heavy atom. The van der Waals surface area contributed by atoms with Gasteiger partial charge < -0.3 is 24.6 Å². The van der Waals surface area contributed by atoms with Gasteiger partial charge >= 0.3 is 0 Å². The normalized spacial score (nSPS) is 16.7. The fourth-order valence-electron chi connectivity index (χ4n) is 1.87. The van der Waals surface area contributed by atoms with Crippen molar-refractivity contribution in [3.63, 3.8) is 0 Å². The highest BCUT2D eigenvalue weighted by Gasteiger charge is 2.21. The number of hydrogen-bond acceptors (Lipinski definition) is 5. The van der Waals surface area contributed by atoms with E-state index >= 15 is 0 Å². The largest absolute Gasteiger partial charge is 0.488 e. The zero-order chi connectivity index (χ0) is 15.6. The van der Waals surface area contributed by atoms with Crippen molar-refractivity contribution in [2.24, 2.45) is 0 Å². The number of ether oxygens (including phenoxy) is 3. The molecule has 0 fully saturated rings. The number of aliphatic hydroxyl groups excluding tert-OH is 1. The summed E-state index contributed by atoms with van der Waals surface area (Å²) < 4.78 is 16.7. The maximum Gasteiger partial charge on any atom is 0.231 e. The summed E-state index contributed by atoms with van der Waals surface area (Å²) in [7, 11) is 0. The van der Waals surface area contributed by atoms with Crippen LogP contribution in [0.5, 0.6) is 17.2 Å². The van der Waals surface area contributed by atoms with E-state index in [0.717, 1.165) is 11.3 Å². The molecule has 0 saturated carbocycles. The summed E-state index contributed by atoms with van der Waals surface area (Å²) >= 11 is 0. The molecule has 21 heavy (non-hydrogen) atoms. The number of aliphatic hydroxyl groups is 1. The first-order chi connectivity index (χ1) is 9.76. The average Bonchev–Trinajstić information content (AvgIpc) is 2.81. The van der Waals surface area contributed by atoms with Crippen LogP contribution >= 0.6 is 0 Å². The number of fused-ring (bicyclic) bond motifs is 1. The molecule has 5 heteroatoms. The lowest BCUT2D eigenvalue weighted by Crippen LogP contribution is -2.35. The lowest BCUT2D eigenvalue weighted by Gasteiger charge is -2.24. The molecule has 118 valence electrons. The van der Waals surface area contributed by atoms with Crippen LogP contribution < -0.4 is 19.5 Å². The van der Waals surface area contributed by atoms with Crippen LogP contribution in [0.2, 0.25) is 0 Å². The third-order valence-electron chi connectivity index (χ3n) is 3.36. The minimum Gasteiger partial charge on any atom is -0.488 e. The summed E-state index contributed by atoms with van der Waals surface area (Å²) in [5.74, 6) is 2.13. The van der Waals surface area contributed by atoms with Gasteiger partial charge in [-0.05, 0) is 40.7 Å². The molecule has 0 aromatic heterocycles. The van der Waals surface area contributed by atoms with Crippen LogP contribution in [-0.4, -0.2) is 29.6 Å². The number of nitrogens with one attached hydrogen (secondary N) is 1. The maximum absolute atomic E-state index is 9.63. The van der Waals surface area contributed by atoms with Gasteiger partial charge in [-0.25, -0.2) is 0 Å². The van der Waals surface area contributed by atoms with Gasteiger partial charge in [-0.1, -0.05) is 0 Å². The van der Waals surface area contributed by atoms with E-state index in [1.165, 1.54) is 0 Å². The summed E-state index contributed by atoms with van der Waals surface area (Å²) in [6.45, 7) is 10.8. The van der Waals surface area contributed by atoms with Gasteiger partial charge in [0.05, 0.1) is 6.10 Å². The molecule has 1 aromatic rings. The Hall–Kier alpha value is -1.46. The van der Waals surface area contributed by atoms with Crippen molar-refractivity contribution in [3.8, 4) is 17.2 Å². The fraction of sp³-hybridized carbons (Fsp3) is 0.625. The van der Waals surface area contributed by atoms with Gasteiger partial charge in [0, 0.05) is 23.7 Å². The Morgan fingerprint density at radius 1 is 1.24 bits per heavy atom. The first-order valence-corrected chi connectivity index (χ1v) is 7.28. The molecule has 2 atom stereocenters. The van der Waals surface area contributed by atoms with Crippen molar-refractivity contribution in [1.29, 1.82) is 0 Å². The topological polar surface area (TPSA) is 60.0 Å². The molecule has 2 rings (SSSR count). The zero-order valence-corrected chi connectivity index (χ0v) is 13.4. The maximum atomic E-state index is 9.63. The molecule has 0 spiro atoms. The molecule has 0 aliphatic carbocycles. The minimum atomic E-state index is -0.543. The molecule has 2 N–H and O–H groups in total. The van der Waals surface area contributed by atoms with E-state index in [4.69, 9.17) is 14.2 Å². The second-order valence-electron chi connectivity index (χ2n) is 6.48. The van der Waals surface area contributed by atoms with Gasteiger partial charge in [-0.15, -0.1) is 0 Å². The van der Waals surface area contributed by atoms with Gasteiger partial charge in [0.15, 0.2) is 11.5 Å². The van der Waals surface area contributed by atoms with Crippen molar-refractivity contribution in [1.82, 2.24) is 5.32 Å². The third-order valence-corrected chi connectivity index (χ3v) is 3.36. The Bertz CT molecular complexity index is 494. The second-order valence-corrected chi connectivity index (χ2v) is 6.48. The molecule has 0 bridgehead atoms.